The topological polar surface area (TPSA) is 37.4 Å². The van der Waals surface area contributed by atoms with Crippen LogP contribution in [0.2, 0.25) is 0 Å². The highest BCUT2D eigenvalue weighted by atomic mass is 16.2. The molecule has 0 N–H and O–H groups in total. The van der Waals surface area contributed by atoms with E-state index in [1.54, 1.807) is 0 Å². The highest BCUT2D eigenvalue weighted by Gasteiger charge is 2.47. The molecule has 83 valence electrons. The number of carbonyl (C=O) groups excluding carboxylic acids is 2. The van der Waals surface area contributed by atoms with E-state index in [4.69, 9.17) is 0 Å². The van der Waals surface area contributed by atoms with E-state index in [9.17, 15) is 9.59 Å². The summed E-state index contributed by atoms with van der Waals surface area (Å²) in [7, 11) is 0. The Kier molecular flexibility index (Phi) is 2.81. The smallest absolute Gasteiger partial charge is 0.233 e. The average Bonchev–Trinajstić information content (AvgIpc) is 2.44. The lowest BCUT2D eigenvalue weighted by Crippen LogP contribution is -2.33. The minimum atomic E-state index is 0.00519. The van der Waals surface area contributed by atoms with Gasteiger partial charge in [-0.25, -0.2) is 0 Å². The summed E-state index contributed by atoms with van der Waals surface area (Å²) in [5, 5.41) is 0. The number of hydrogen-bond acceptors (Lipinski definition) is 2. The van der Waals surface area contributed by atoms with E-state index in [-0.39, 0.29) is 23.7 Å². The first-order valence-corrected chi connectivity index (χ1v) is 5.75. The molecule has 3 heteroatoms. The number of amides is 2. The van der Waals surface area contributed by atoms with E-state index in [0.717, 1.165) is 31.6 Å². The molecule has 1 heterocycles. The normalized spacial score (nSPS) is 31.3. The van der Waals surface area contributed by atoms with Gasteiger partial charge in [-0.05, 0) is 18.8 Å². The standard InChI is InChI=1S/C12H18NO2/c1-8(2)7-13-11(14)9-5-3-4-6-10(9)12(13)15/h9-10H,3-7H2,1-2H3. The monoisotopic (exact) mass is 208 g/mol. The third-order valence-electron chi connectivity index (χ3n) is 3.41. The van der Waals surface area contributed by atoms with Gasteiger partial charge in [0.2, 0.25) is 11.8 Å². The summed E-state index contributed by atoms with van der Waals surface area (Å²) in [5.41, 5.74) is 0. The predicted octanol–water partition coefficient (Wildman–Crippen LogP) is 1.78. The molecule has 1 radical (unpaired) electrons. The van der Waals surface area contributed by atoms with E-state index < -0.39 is 0 Å². The number of rotatable bonds is 2. The van der Waals surface area contributed by atoms with Crippen molar-refractivity contribution in [3.05, 3.63) is 5.92 Å². The molecule has 2 fully saturated rings. The van der Waals surface area contributed by atoms with Crippen LogP contribution in [0.15, 0.2) is 0 Å². The zero-order chi connectivity index (χ0) is 11.0. The zero-order valence-corrected chi connectivity index (χ0v) is 9.45. The first-order valence-electron chi connectivity index (χ1n) is 5.75. The molecule has 0 bridgehead atoms. The summed E-state index contributed by atoms with van der Waals surface area (Å²) < 4.78 is 0. The Labute approximate surface area is 90.8 Å². The Morgan fingerprint density at radius 2 is 1.60 bits per heavy atom. The summed E-state index contributed by atoms with van der Waals surface area (Å²) in [6.45, 7) is 4.44. The van der Waals surface area contributed by atoms with Crippen molar-refractivity contribution in [1.82, 2.24) is 4.90 Å². The van der Waals surface area contributed by atoms with Crippen LogP contribution in [0.4, 0.5) is 0 Å². The number of carbonyl (C=O) groups is 2. The van der Waals surface area contributed by atoms with E-state index in [1.165, 1.54) is 4.90 Å². The molecule has 1 aliphatic heterocycles. The summed E-state index contributed by atoms with van der Waals surface area (Å²) in [4.78, 5) is 25.4. The van der Waals surface area contributed by atoms with Crippen LogP contribution >= 0.6 is 0 Å². The summed E-state index contributed by atoms with van der Waals surface area (Å²) in [5.74, 6) is 1.28. The zero-order valence-electron chi connectivity index (χ0n) is 9.45. The lowest BCUT2D eigenvalue weighted by atomic mass is 9.81. The van der Waals surface area contributed by atoms with Crippen LogP contribution in [0.25, 0.3) is 0 Å². The molecule has 0 aromatic heterocycles. The molecule has 0 aromatic carbocycles. The van der Waals surface area contributed by atoms with E-state index in [2.05, 4.69) is 0 Å². The van der Waals surface area contributed by atoms with Gasteiger partial charge in [-0.1, -0.05) is 26.7 Å². The van der Waals surface area contributed by atoms with Gasteiger partial charge in [0, 0.05) is 6.54 Å². The highest BCUT2D eigenvalue weighted by molar-refractivity contribution is 6.05. The van der Waals surface area contributed by atoms with Crippen LogP contribution in [0, 0.1) is 17.8 Å². The first-order chi connectivity index (χ1) is 7.11. The highest BCUT2D eigenvalue weighted by Crippen LogP contribution is 2.38. The van der Waals surface area contributed by atoms with E-state index >= 15 is 0 Å². The maximum atomic E-state index is 12.0. The molecular weight excluding hydrogens is 190 g/mol. The van der Waals surface area contributed by atoms with Crippen molar-refractivity contribution >= 4 is 11.8 Å². The van der Waals surface area contributed by atoms with Gasteiger partial charge < -0.3 is 0 Å². The van der Waals surface area contributed by atoms with E-state index in [1.807, 2.05) is 13.8 Å². The van der Waals surface area contributed by atoms with Crippen molar-refractivity contribution < 1.29 is 9.59 Å². The lowest BCUT2D eigenvalue weighted by Gasteiger charge is -2.19. The lowest BCUT2D eigenvalue weighted by molar-refractivity contribution is -0.139. The van der Waals surface area contributed by atoms with Crippen LogP contribution < -0.4 is 0 Å². The molecule has 2 amide bonds. The maximum absolute atomic E-state index is 12.0. The number of nitrogens with zero attached hydrogens (tertiary/aromatic N) is 1. The van der Waals surface area contributed by atoms with Gasteiger partial charge >= 0.3 is 0 Å². The second kappa shape index (κ2) is 3.95. The molecule has 3 nitrogen and oxygen atoms in total. The molecule has 2 rings (SSSR count). The second-order valence-corrected chi connectivity index (χ2v) is 4.97. The third kappa shape index (κ3) is 1.80. The molecule has 2 atom stereocenters. The SMILES string of the molecule is C[C](C)CN1C(=O)C2CCCCC2C1=O. The minimum absolute atomic E-state index is 0.00519. The number of fused-ring (bicyclic) bond motifs is 1. The van der Waals surface area contributed by atoms with Crippen LogP contribution in [0.3, 0.4) is 0 Å². The van der Waals surface area contributed by atoms with Crippen molar-refractivity contribution in [3.63, 3.8) is 0 Å². The molecule has 2 unspecified atom stereocenters. The Hall–Kier alpha value is -0.860. The summed E-state index contributed by atoms with van der Waals surface area (Å²) in [6.07, 6.45) is 4.02. The van der Waals surface area contributed by atoms with Gasteiger partial charge in [-0.3, -0.25) is 14.5 Å². The second-order valence-electron chi connectivity index (χ2n) is 4.97. The van der Waals surface area contributed by atoms with Crippen molar-refractivity contribution in [2.45, 2.75) is 39.5 Å². The van der Waals surface area contributed by atoms with E-state index in [0.29, 0.717) is 6.54 Å². The third-order valence-corrected chi connectivity index (χ3v) is 3.41. The van der Waals surface area contributed by atoms with Crippen LogP contribution in [0.5, 0.6) is 0 Å². The summed E-state index contributed by atoms with van der Waals surface area (Å²) in [6, 6.07) is 0. The van der Waals surface area contributed by atoms with Crippen LogP contribution in [-0.4, -0.2) is 23.3 Å². The van der Waals surface area contributed by atoms with Crippen molar-refractivity contribution in [1.29, 1.82) is 0 Å². The van der Waals surface area contributed by atoms with Crippen LogP contribution in [-0.2, 0) is 9.59 Å². The molecule has 2 aliphatic rings. The van der Waals surface area contributed by atoms with Gasteiger partial charge in [-0.2, -0.15) is 0 Å². The molecular formula is C12H18NO2. The van der Waals surface area contributed by atoms with Crippen molar-refractivity contribution in [2.24, 2.45) is 11.8 Å². The first kappa shape index (κ1) is 10.7. The number of hydrogen-bond donors (Lipinski definition) is 0. The quantitative estimate of drug-likeness (QED) is 0.649. The van der Waals surface area contributed by atoms with Gasteiger partial charge in [0.05, 0.1) is 11.8 Å². The number of imide groups is 1. The Morgan fingerprint density at radius 1 is 1.13 bits per heavy atom. The molecule has 1 saturated carbocycles. The largest absolute Gasteiger partial charge is 0.282 e. The number of likely N-dealkylation sites (tertiary alicyclic amines) is 1. The fraction of sp³-hybridized carbons (Fsp3) is 0.750. The fourth-order valence-corrected chi connectivity index (χ4v) is 2.70. The van der Waals surface area contributed by atoms with Crippen LogP contribution in [0.1, 0.15) is 39.5 Å². The molecule has 1 aliphatic carbocycles. The fourth-order valence-electron chi connectivity index (χ4n) is 2.70. The molecule has 0 spiro atoms. The van der Waals surface area contributed by atoms with Gasteiger partial charge in [0.25, 0.3) is 0 Å². The minimum Gasteiger partial charge on any atom is -0.282 e. The maximum Gasteiger partial charge on any atom is 0.233 e. The Bertz CT molecular complexity index is 261. The van der Waals surface area contributed by atoms with Gasteiger partial charge in [0.1, 0.15) is 0 Å². The Morgan fingerprint density at radius 3 is 2.00 bits per heavy atom. The van der Waals surface area contributed by atoms with Gasteiger partial charge in [0.15, 0.2) is 0 Å². The average molecular weight is 208 g/mol. The van der Waals surface area contributed by atoms with Gasteiger partial charge in [-0.15, -0.1) is 0 Å². The van der Waals surface area contributed by atoms with Crippen molar-refractivity contribution in [3.8, 4) is 0 Å². The molecule has 0 aromatic rings. The predicted molar refractivity (Wildman–Crippen MR) is 56.8 cm³/mol. The molecule has 1 saturated heterocycles. The summed E-state index contributed by atoms with van der Waals surface area (Å²) >= 11 is 0. The molecule has 15 heavy (non-hydrogen) atoms. The van der Waals surface area contributed by atoms with Crippen molar-refractivity contribution in [2.75, 3.05) is 6.54 Å². The Balaban J connectivity index is 2.14.